The van der Waals surface area contributed by atoms with E-state index in [0.29, 0.717) is 19.1 Å². The summed E-state index contributed by atoms with van der Waals surface area (Å²) in [6.07, 6.45) is 0.149. The fourth-order valence-corrected chi connectivity index (χ4v) is 5.45. The number of ether oxygens (including phenoxy) is 1. The normalized spacial score (nSPS) is 17.4. The first-order valence-electron chi connectivity index (χ1n) is 11.1. The van der Waals surface area contributed by atoms with Crippen LogP contribution >= 0.6 is 11.3 Å². The number of aromatic nitrogens is 4. The molecule has 32 heavy (non-hydrogen) atoms. The van der Waals surface area contributed by atoms with Crippen LogP contribution in [-0.2, 0) is 6.42 Å². The van der Waals surface area contributed by atoms with E-state index in [2.05, 4.69) is 47.0 Å². The van der Waals surface area contributed by atoms with Gasteiger partial charge >= 0.3 is 0 Å². The van der Waals surface area contributed by atoms with Crippen molar-refractivity contribution < 1.29 is 14.9 Å². The largest absolute Gasteiger partial charge is 0.492 e. The quantitative estimate of drug-likeness (QED) is 0.590. The van der Waals surface area contributed by atoms with E-state index in [0.717, 1.165) is 53.2 Å². The minimum Gasteiger partial charge on any atom is -0.492 e. The van der Waals surface area contributed by atoms with Gasteiger partial charge in [0.1, 0.15) is 11.6 Å². The zero-order chi connectivity index (χ0) is 22.4. The number of aliphatic hydroxyl groups excluding tert-OH is 2. The molecule has 0 saturated carbocycles. The lowest BCUT2D eigenvalue weighted by molar-refractivity contribution is 0.0308. The van der Waals surface area contributed by atoms with Crippen molar-refractivity contribution in [3.05, 3.63) is 34.5 Å². The minimum atomic E-state index is -0.672. The van der Waals surface area contributed by atoms with E-state index in [4.69, 9.17) is 14.8 Å². The number of thiazole rings is 1. The summed E-state index contributed by atoms with van der Waals surface area (Å²) in [6, 6.07) is 6.66. The molecule has 2 N–H and O–H groups in total. The summed E-state index contributed by atoms with van der Waals surface area (Å²) >= 11 is 1.68. The number of rotatable bonds is 6. The van der Waals surface area contributed by atoms with Gasteiger partial charge in [0.2, 0.25) is 0 Å². The summed E-state index contributed by atoms with van der Waals surface area (Å²) in [7, 11) is 0. The predicted octanol–water partition coefficient (Wildman–Crippen LogP) is 2.65. The number of nitrogens with zero attached hydrogens (tertiary/aromatic N) is 5. The highest BCUT2D eigenvalue weighted by atomic mass is 32.1. The Morgan fingerprint density at radius 1 is 1.25 bits per heavy atom. The van der Waals surface area contributed by atoms with E-state index in [1.807, 2.05) is 11.6 Å². The molecule has 0 amide bonds. The Balaban J connectivity index is 1.41. The lowest BCUT2D eigenvalue weighted by atomic mass is 9.90. The second-order valence-electron chi connectivity index (χ2n) is 8.92. The maximum absolute atomic E-state index is 9.64. The van der Waals surface area contributed by atoms with Crippen molar-refractivity contribution >= 4 is 11.3 Å². The van der Waals surface area contributed by atoms with E-state index in [9.17, 15) is 5.11 Å². The molecule has 1 atom stereocenters. The third kappa shape index (κ3) is 3.94. The monoisotopic (exact) mass is 455 g/mol. The van der Waals surface area contributed by atoms with Crippen molar-refractivity contribution in [2.24, 2.45) is 0 Å². The number of likely N-dealkylation sites (tertiary alicyclic amines) is 1. The Morgan fingerprint density at radius 2 is 2.06 bits per heavy atom. The number of aliphatic hydroxyl groups is 2. The Hall–Kier alpha value is -2.33. The first kappa shape index (κ1) is 21.5. The Morgan fingerprint density at radius 3 is 2.81 bits per heavy atom. The first-order valence-corrected chi connectivity index (χ1v) is 12.0. The van der Waals surface area contributed by atoms with Gasteiger partial charge in [-0.25, -0.2) is 14.6 Å². The van der Waals surface area contributed by atoms with Crippen LogP contribution in [-0.4, -0.2) is 73.8 Å². The zero-order valence-electron chi connectivity index (χ0n) is 18.7. The molecule has 2 aliphatic rings. The van der Waals surface area contributed by atoms with Crippen molar-refractivity contribution in [2.75, 3.05) is 32.8 Å². The lowest BCUT2D eigenvalue weighted by Gasteiger charge is -2.40. The molecule has 4 heterocycles. The summed E-state index contributed by atoms with van der Waals surface area (Å²) in [5.41, 5.74) is 3.26. The van der Waals surface area contributed by atoms with Crippen molar-refractivity contribution in [1.29, 1.82) is 0 Å². The molecule has 170 valence electrons. The molecular weight excluding hydrogens is 426 g/mol. The van der Waals surface area contributed by atoms with Crippen LogP contribution in [0.25, 0.3) is 22.1 Å². The minimum absolute atomic E-state index is 0.196. The smallest absolute Gasteiger partial charge is 0.187 e. The van der Waals surface area contributed by atoms with Crippen molar-refractivity contribution in [1.82, 2.24) is 24.6 Å². The molecule has 0 bridgehead atoms. The molecule has 0 spiro atoms. The van der Waals surface area contributed by atoms with E-state index in [-0.39, 0.29) is 12.6 Å². The van der Waals surface area contributed by atoms with Crippen LogP contribution in [0.3, 0.4) is 0 Å². The summed E-state index contributed by atoms with van der Waals surface area (Å²) in [5.74, 6) is 2.88. The molecule has 0 radical (unpaired) electrons. The topological polar surface area (TPSA) is 96.5 Å². The molecule has 5 rings (SSSR count). The number of benzene rings is 1. The van der Waals surface area contributed by atoms with Crippen molar-refractivity contribution in [3.63, 3.8) is 0 Å². The standard InChI is InChI=1S/C23H29N5O3S/c1-13(2)28-22(24-14(3)26-28)23-25-21-18-5-4-15(8-19(18)31-7-6-20(21)32-23)16-9-27(10-16)11-17(30)12-29/h4-5,8,13,16-17,29-30H,6-7,9-12H2,1-3H3/t17-/m0/s1. The second-order valence-corrected chi connectivity index (χ2v) is 10.0. The van der Waals surface area contributed by atoms with Gasteiger partial charge in [0.05, 0.1) is 25.0 Å². The lowest BCUT2D eigenvalue weighted by Crippen LogP contribution is -2.48. The van der Waals surface area contributed by atoms with Crippen LogP contribution in [0.15, 0.2) is 18.2 Å². The fraction of sp³-hybridized carbons (Fsp3) is 0.522. The molecule has 9 heteroatoms. The van der Waals surface area contributed by atoms with Crippen LogP contribution < -0.4 is 4.74 Å². The van der Waals surface area contributed by atoms with E-state index < -0.39 is 6.10 Å². The number of hydrogen-bond acceptors (Lipinski definition) is 8. The van der Waals surface area contributed by atoms with Crippen LogP contribution in [0.1, 0.15) is 42.1 Å². The van der Waals surface area contributed by atoms with Gasteiger partial charge in [-0.05, 0) is 38.5 Å². The number of hydrogen-bond donors (Lipinski definition) is 2. The maximum Gasteiger partial charge on any atom is 0.187 e. The van der Waals surface area contributed by atoms with Gasteiger partial charge < -0.3 is 14.9 Å². The Kier molecular flexibility index (Phi) is 5.75. The third-order valence-electron chi connectivity index (χ3n) is 6.07. The average Bonchev–Trinajstić information content (AvgIpc) is 3.29. The first-order chi connectivity index (χ1) is 15.4. The van der Waals surface area contributed by atoms with Crippen LogP contribution in [0.2, 0.25) is 0 Å². The van der Waals surface area contributed by atoms with Gasteiger partial charge in [0.25, 0.3) is 0 Å². The molecule has 1 aromatic carbocycles. The van der Waals surface area contributed by atoms with Gasteiger partial charge in [-0.2, -0.15) is 5.10 Å². The highest BCUT2D eigenvalue weighted by Gasteiger charge is 2.31. The van der Waals surface area contributed by atoms with Crippen molar-refractivity contribution in [3.8, 4) is 27.8 Å². The van der Waals surface area contributed by atoms with Gasteiger partial charge in [0.15, 0.2) is 10.8 Å². The van der Waals surface area contributed by atoms with Gasteiger partial charge in [-0.3, -0.25) is 4.90 Å². The molecule has 0 unspecified atom stereocenters. The second kappa shape index (κ2) is 8.55. The highest BCUT2D eigenvalue weighted by Crippen LogP contribution is 2.42. The molecular formula is C23H29N5O3S. The average molecular weight is 456 g/mol. The molecule has 3 aromatic rings. The summed E-state index contributed by atoms with van der Waals surface area (Å²) in [6.45, 7) is 8.83. The molecule has 0 aliphatic carbocycles. The summed E-state index contributed by atoms with van der Waals surface area (Å²) < 4.78 is 8.06. The Labute approximate surface area is 191 Å². The summed E-state index contributed by atoms with van der Waals surface area (Å²) in [4.78, 5) is 13.0. The van der Waals surface area contributed by atoms with Gasteiger partial charge in [-0.1, -0.05) is 6.07 Å². The SMILES string of the molecule is Cc1nc(-c2nc3c(s2)CCOc2cc(C4CN(C[C@H](O)CO)C4)ccc2-3)n(C(C)C)n1. The van der Waals surface area contributed by atoms with Crippen LogP contribution in [0.5, 0.6) is 5.75 Å². The molecule has 8 nitrogen and oxygen atoms in total. The molecule has 1 fully saturated rings. The highest BCUT2D eigenvalue weighted by molar-refractivity contribution is 7.15. The van der Waals surface area contributed by atoms with Crippen LogP contribution in [0, 0.1) is 6.92 Å². The number of fused-ring (bicyclic) bond motifs is 3. The predicted molar refractivity (Wildman–Crippen MR) is 123 cm³/mol. The van der Waals surface area contributed by atoms with Crippen LogP contribution in [0.4, 0.5) is 0 Å². The van der Waals surface area contributed by atoms with E-state index in [1.54, 1.807) is 11.3 Å². The Bertz CT molecular complexity index is 1120. The zero-order valence-corrected chi connectivity index (χ0v) is 19.5. The molecule has 1 saturated heterocycles. The van der Waals surface area contributed by atoms with Gasteiger partial charge in [-0.15, -0.1) is 11.3 Å². The van der Waals surface area contributed by atoms with E-state index >= 15 is 0 Å². The molecule has 2 aliphatic heterocycles. The third-order valence-corrected chi connectivity index (χ3v) is 7.18. The fourth-order valence-electron chi connectivity index (χ4n) is 4.41. The van der Waals surface area contributed by atoms with Crippen molar-refractivity contribution in [2.45, 2.75) is 45.3 Å². The number of aryl methyl sites for hydroxylation is 1. The number of β-amino-alcohol motifs (C(OH)–C–C–N with tert-alkyl or cyclic N) is 1. The molecule has 2 aromatic heterocycles. The van der Waals surface area contributed by atoms with Gasteiger partial charge in [0, 0.05) is 48.5 Å². The van der Waals surface area contributed by atoms with E-state index in [1.165, 1.54) is 10.4 Å². The maximum atomic E-state index is 9.64. The summed E-state index contributed by atoms with van der Waals surface area (Å²) in [5, 5.41) is 24.1.